The molecule has 2 rings (SSSR count). The van der Waals surface area contributed by atoms with Gasteiger partial charge in [0.2, 0.25) is 0 Å². The van der Waals surface area contributed by atoms with E-state index in [1.54, 1.807) is 6.92 Å². The van der Waals surface area contributed by atoms with Gasteiger partial charge in [-0.15, -0.1) is 0 Å². The molecule has 0 aliphatic carbocycles. The maximum atomic E-state index is 12.5. The summed E-state index contributed by atoms with van der Waals surface area (Å²) in [4.78, 5) is 11.5. The largest absolute Gasteiger partial charge is 0.416 e. The molecule has 1 atom stereocenters. The van der Waals surface area contributed by atoms with Crippen LogP contribution >= 0.6 is 0 Å². The average molecular weight is 229 g/mol. The van der Waals surface area contributed by atoms with Crippen molar-refractivity contribution < 1.29 is 18.0 Å². The van der Waals surface area contributed by atoms with E-state index in [1.165, 1.54) is 6.07 Å². The maximum absolute atomic E-state index is 12.5. The van der Waals surface area contributed by atoms with Gasteiger partial charge in [0.05, 0.1) is 5.56 Å². The van der Waals surface area contributed by atoms with Crippen LogP contribution in [0.1, 0.15) is 28.4 Å². The highest BCUT2D eigenvalue weighted by Gasteiger charge is 2.32. The Labute approximate surface area is 90.5 Å². The van der Waals surface area contributed by atoms with E-state index in [0.717, 1.165) is 12.1 Å². The lowest BCUT2D eigenvalue weighted by molar-refractivity contribution is -0.137. The minimum absolute atomic E-state index is 0.122. The number of hydrogen-bond acceptors (Lipinski definition) is 1. The number of hydrogen-bond donors (Lipinski definition) is 1. The number of fused-ring (bicyclic) bond motifs is 1. The molecule has 0 fully saturated rings. The van der Waals surface area contributed by atoms with Crippen LogP contribution < -0.4 is 5.32 Å². The molecule has 0 saturated carbocycles. The first-order valence-corrected chi connectivity index (χ1v) is 4.89. The van der Waals surface area contributed by atoms with Crippen molar-refractivity contribution in [1.82, 2.24) is 5.32 Å². The van der Waals surface area contributed by atoms with E-state index < -0.39 is 11.7 Å². The molecule has 1 aromatic rings. The summed E-state index contributed by atoms with van der Waals surface area (Å²) in [5.74, 6) is -0.303. The summed E-state index contributed by atoms with van der Waals surface area (Å²) in [5.41, 5.74) is 0.102. The standard InChI is InChI=1S/C11H10F3NO/c1-6-4-7-5-8(11(12,13)14)2-3-9(7)10(16)15-6/h2-3,5-6H,4H2,1H3,(H,15,16)/t6-/m1/s1. The molecule has 1 aliphatic heterocycles. The van der Waals surface area contributed by atoms with E-state index in [9.17, 15) is 18.0 Å². The lowest BCUT2D eigenvalue weighted by atomic mass is 9.94. The van der Waals surface area contributed by atoms with Crippen LogP contribution in [0.5, 0.6) is 0 Å². The normalized spacial score (nSPS) is 20.2. The van der Waals surface area contributed by atoms with Crippen molar-refractivity contribution in [3.05, 3.63) is 34.9 Å². The first kappa shape index (κ1) is 11.0. The number of benzene rings is 1. The molecule has 1 heterocycles. The fraction of sp³-hybridized carbons (Fsp3) is 0.364. The minimum Gasteiger partial charge on any atom is -0.349 e. The second kappa shape index (κ2) is 3.50. The van der Waals surface area contributed by atoms with Gasteiger partial charge in [0.15, 0.2) is 0 Å². The molecule has 0 radical (unpaired) electrons. The highest BCUT2D eigenvalue weighted by Crippen LogP contribution is 2.31. The Balaban J connectivity index is 2.46. The zero-order chi connectivity index (χ0) is 11.9. The Bertz CT molecular complexity index is 439. The first-order valence-electron chi connectivity index (χ1n) is 4.89. The Kier molecular flexibility index (Phi) is 2.40. The number of amides is 1. The lowest BCUT2D eigenvalue weighted by Crippen LogP contribution is -2.39. The summed E-state index contributed by atoms with van der Waals surface area (Å²) in [7, 11) is 0. The molecule has 5 heteroatoms. The second-order valence-corrected chi connectivity index (χ2v) is 3.95. The van der Waals surface area contributed by atoms with Gasteiger partial charge in [0, 0.05) is 11.6 Å². The lowest BCUT2D eigenvalue weighted by Gasteiger charge is -2.23. The van der Waals surface area contributed by atoms with Crippen LogP contribution in [-0.4, -0.2) is 11.9 Å². The molecule has 0 spiro atoms. The van der Waals surface area contributed by atoms with Crippen molar-refractivity contribution in [3.8, 4) is 0 Å². The minimum atomic E-state index is -4.35. The van der Waals surface area contributed by atoms with E-state index in [0.29, 0.717) is 17.5 Å². The van der Waals surface area contributed by atoms with Gasteiger partial charge in [-0.3, -0.25) is 4.79 Å². The molecule has 2 nitrogen and oxygen atoms in total. The quantitative estimate of drug-likeness (QED) is 0.727. The Morgan fingerprint density at radius 1 is 1.38 bits per heavy atom. The third-order valence-electron chi connectivity index (χ3n) is 2.58. The molecule has 16 heavy (non-hydrogen) atoms. The fourth-order valence-electron chi connectivity index (χ4n) is 1.84. The van der Waals surface area contributed by atoms with E-state index in [2.05, 4.69) is 5.32 Å². The number of alkyl halides is 3. The molecule has 1 aliphatic rings. The molecular weight excluding hydrogens is 219 g/mol. The van der Waals surface area contributed by atoms with Crippen LogP contribution in [0.25, 0.3) is 0 Å². The molecule has 0 unspecified atom stereocenters. The van der Waals surface area contributed by atoms with Crippen LogP contribution in [0.4, 0.5) is 13.2 Å². The number of nitrogens with one attached hydrogen (secondary N) is 1. The van der Waals surface area contributed by atoms with E-state index in [4.69, 9.17) is 0 Å². The van der Waals surface area contributed by atoms with Gasteiger partial charge in [-0.2, -0.15) is 13.2 Å². The van der Waals surface area contributed by atoms with Gasteiger partial charge >= 0.3 is 6.18 Å². The second-order valence-electron chi connectivity index (χ2n) is 3.95. The summed E-state index contributed by atoms with van der Waals surface area (Å²) in [6, 6.07) is 3.11. The first-order chi connectivity index (χ1) is 7.38. The molecule has 1 aromatic carbocycles. The Morgan fingerprint density at radius 3 is 2.69 bits per heavy atom. The molecule has 0 bridgehead atoms. The number of carbonyl (C=O) groups excluding carboxylic acids is 1. The van der Waals surface area contributed by atoms with Crippen molar-refractivity contribution in [2.75, 3.05) is 0 Å². The fourth-order valence-corrected chi connectivity index (χ4v) is 1.84. The molecule has 1 amide bonds. The topological polar surface area (TPSA) is 29.1 Å². The zero-order valence-corrected chi connectivity index (χ0v) is 8.56. The summed E-state index contributed by atoms with van der Waals surface area (Å²) in [6.45, 7) is 1.76. The zero-order valence-electron chi connectivity index (χ0n) is 8.56. The number of carbonyl (C=O) groups is 1. The molecule has 0 saturated heterocycles. The maximum Gasteiger partial charge on any atom is 0.416 e. The van der Waals surface area contributed by atoms with Crippen LogP contribution in [0.3, 0.4) is 0 Å². The molecule has 1 N–H and O–H groups in total. The molecule has 86 valence electrons. The summed E-state index contributed by atoms with van der Waals surface area (Å²) in [5, 5.41) is 2.67. The SMILES string of the molecule is C[C@@H]1Cc2cc(C(F)(F)F)ccc2C(=O)N1. The van der Waals surface area contributed by atoms with Crippen LogP contribution in [0.15, 0.2) is 18.2 Å². The van der Waals surface area contributed by atoms with Crippen molar-refractivity contribution >= 4 is 5.91 Å². The summed E-state index contributed by atoms with van der Waals surface area (Å²) in [6.07, 6.45) is -3.92. The van der Waals surface area contributed by atoms with Crippen LogP contribution in [0.2, 0.25) is 0 Å². The smallest absolute Gasteiger partial charge is 0.349 e. The van der Waals surface area contributed by atoms with Gasteiger partial charge in [-0.05, 0) is 37.1 Å². The van der Waals surface area contributed by atoms with E-state index in [-0.39, 0.29) is 11.9 Å². The van der Waals surface area contributed by atoms with Crippen molar-refractivity contribution in [2.24, 2.45) is 0 Å². The van der Waals surface area contributed by atoms with Crippen molar-refractivity contribution in [3.63, 3.8) is 0 Å². The molecular formula is C11H10F3NO. The van der Waals surface area contributed by atoms with Gasteiger partial charge in [0.25, 0.3) is 5.91 Å². The van der Waals surface area contributed by atoms with Gasteiger partial charge in [-0.1, -0.05) is 0 Å². The highest BCUT2D eigenvalue weighted by atomic mass is 19.4. The van der Waals surface area contributed by atoms with Crippen molar-refractivity contribution in [1.29, 1.82) is 0 Å². The van der Waals surface area contributed by atoms with Crippen LogP contribution in [-0.2, 0) is 12.6 Å². The van der Waals surface area contributed by atoms with E-state index in [1.807, 2.05) is 0 Å². The number of halogens is 3. The van der Waals surface area contributed by atoms with E-state index >= 15 is 0 Å². The molecule has 0 aromatic heterocycles. The Hall–Kier alpha value is -1.52. The predicted octanol–water partition coefficient (Wildman–Crippen LogP) is 2.38. The van der Waals surface area contributed by atoms with Gasteiger partial charge in [0.1, 0.15) is 0 Å². The van der Waals surface area contributed by atoms with Gasteiger partial charge < -0.3 is 5.32 Å². The van der Waals surface area contributed by atoms with Crippen LogP contribution in [0, 0.1) is 0 Å². The monoisotopic (exact) mass is 229 g/mol. The number of rotatable bonds is 0. The summed E-state index contributed by atoms with van der Waals surface area (Å²) < 4.78 is 37.4. The predicted molar refractivity (Wildman–Crippen MR) is 52.1 cm³/mol. The highest BCUT2D eigenvalue weighted by molar-refractivity contribution is 5.97. The van der Waals surface area contributed by atoms with Crippen molar-refractivity contribution in [2.45, 2.75) is 25.6 Å². The third-order valence-corrected chi connectivity index (χ3v) is 2.58. The van der Waals surface area contributed by atoms with Gasteiger partial charge in [-0.25, -0.2) is 0 Å². The Morgan fingerprint density at radius 2 is 2.06 bits per heavy atom. The summed E-state index contributed by atoms with van der Waals surface area (Å²) >= 11 is 0. The average Bonchev–Trinajstić information content (AvgIpc) is 2.15. The third kappa shape index (κ3) is 1.89.